The number of aryl methyl sites for hydroxylation is 2. The second-order valence-electron chi connectivity index (χ2n) is 4.64. The predicted molar refractivity (Wildman–Crippen MR) is 72.7 cm³/mol. The minimum absolute atomic E-state index is 0.597. The molecule has 4 heteroatoms. The van der Waals surface area contributed by atoms with Crippen LogP contribution in [-0.4, -0.2) is 31.3 Å². The van der Waals surface area contributed by atoms with Gasteiger partial charge >= 0.3 is 5.97 Å². The van der Waals surface area contributed by atoms with E-state index in [1.165, 1.54) is 0 Å². The molecule has 1 rings (SSSR count). The molecule has 1 unspecified atom stereocenters. The fourth-order valence-corrected chi connectivity index (χ4v) is 2.08. The zero-order chi connectivity index (χ0) is 14.0. The van der Waals surface area contributed by atoms with Gasteiger partial charge in [0.2, 0.25) is 0 Å². The zero-order valence-electron chi connectivity index (χ0n) is 11.9. The Morgan fingerprint density at radius 3 is 2.33 bits per heavy atom. The van der Waals surface area contributed by atoms with E-state index >= 15 is 0 Å². The van der Waals surface area contributed by atoms with Crippen molar-refractivity contribution in [3.8, 4) is 5.75 Å². The molecule has 4 nitrogen and oxygen atoms in total. The summed E-state index contributed by atoms with van der Waals surface area (Å²) in [6.07, 6.45) is 0. The molecule has 0 aliphatic rings. The third-order valence-corrected chi connectivity index (χ3v) is 3.45. The van der Waals surface area contributed by atoms with E-state index in [0.717, 1.165) is 28.1 Å². The Morgan fingerprint density at radius 2 is 1.89 bits per heavy atom. The highest BCUT2D eigenvalue weighted by atomic mass is 16.5. The molecule has 0 aliphatic carbocycles. The molecule has 1 N–H and O–H groups in total. The second kappa shape index (κ2) is 5.29. The average molecular weight is 251 g/mol. The van der Waals surface area contributed by atoms with Crippen molar-refractivity contribution in [2.45, 2.75) is 33.7 Å². The summed E-state index contributed by atoms with van der Waals surface area (Å²) in [5.41, 5.74) is 4.05. The van der Waals surface area contributed by atoms with Gasteiger partial charge in [0, 0.05) is 7.05 Å². The monoisotopic (exact) mass is 251 g/mol. The van der Waals surface area contributed by atoms with Gasteiger partial charge in [-0.25, -0.2) is 4.79 Å². The number of carboxylic acids is 1. The van der Waals surface area contributed by atoms with Crippen LogP contribution in [0.25, 0.3) is 0 Å². The van der Waals surface area contributed by atoms with E-state index < -0.39 is 12.0 Å². The van der Waals surface area contributed by atoms with Gasteiger partial charge < -0.3 is 14.7 Å². The Hall–Kier alpha value is -1.71. The molecule has 0 heterocycles. The first-order valence-electron chi connectivity index (χ1n) is 5.91. The van der Waals surface area contributed by atoms with Crippen molar-refractivity contribution < 1.29 is 14.6 Å². The Labute approximate surface area is 108 Å². The molecule has 0 fully saturated rings. The molecule has 0 bridgehead atoms. The molecule has 1 atom stereocenters. The van der Waals surface area contributed by atoms with E-state index in [-0.39, 0.29) is 0 Å². The standard InChI is InChI=1S/C14H21NO3/c1-8-7-9(2)12(13(18-6)10(8)3)15(5)11(4)14(16)17/h7,11H,1-6H3,(H,16,17). The normalized spacial score (nSPS) is 12.1. The third kappa shape index (κ3) is 2.42. The number of carboxylic acid groups (broad SMARTS) is 1. The summed E-state index contributed by atoms with van der Waals surface area (Å²) in [5.74, 6) is -0.0970. The fourth-order valence-electron chi connectivity index (χ4n) is 2.08. The van der Waals surface area contributed by atoms with Crippen LogP contribution in [0.5, 0.6) is 5.75 Å². The van der Waals surface area contributed by atoms with Gasteiger partial charge in [-0.2, -0.15) is 0 Å². The van der Waals surface area contributed by atoms with Crippen LogP contribution >= 0.6 is 0 Å². The van der Waals surface area contributed by atoms with Crippen LogP contribution in [0.1, 0.15) is 23.6 Å². The molecular formula is C14H21NO3. The Bertz CT molecular complexity index is 469. The van der Waals surface area contributed by atoms with Crippen LogP contribution in [0.15, 0.2) is 6.07 Å². The summed E-state index contributed by atoms with van der Waals surface area (Å²) in [6.45, 7) is 7.64. The lowest BCUT2D eigenvalue weighted by atomic mass is 10.0. The van der Waals surface area contributed by atoms with Crippen molar-refractivity contribution in [2.75, 3.05) is 19.1 Å². The van der Waals surface area contributed by atoms with Gasteiger partial charge in [0.1, 0.15) is 11.8 Å². The third-order valence-electron chi connectivity index (χ3n) is 3.45. The van der Waals surface area contributed by atoms with Gasteiger partial charge in [0.25, 0.3) is 0 Å². The van der Waals surface area contributed by atoms with Gasteiger partial charge in [-0.05, 0) is 44.4 Å². The van der Waals surface area contributed by atoms with E-state index in [1.807, 2.05) is 20.8 Å². The smallest absolute Gasteiger partial charge is 0.326 e. The molecule has 0 saturated heterocycles. The SMILES string of the molecule is COc1c(C)c(C)cc(C)c1N(C)C(C)C(=O)O. The lowest BCUT2D eigenvalue weighted by molar-refractivity contribution is -0.138. The molecule has 1 aromatic rings. The minimum Gasteiger partial charge on any atom is -0.494 e. The van der Waals surface area contributed by atoms with Crippen molar-refractivity contribution in [3.05, 3.63) is 22.8 Å². The van der Waals surface area contributed by atoms with Gasteiger partial charge in [-0.3, -0.25) is 0 Å². The van der Waals surface area contributed by atoms with E-state index in [2.05, 4.69) is 6.07 Å². The van der Waals surface area contributed by atoms with Crippen LogP contribution in [0.2, 0.25) is 0 Å². The fraction of sp³-hybridized carbons (Fsp3) is 0.500. The van der Waals surface area contributed by atoms with Crippen LogP contribution in [-0.2, 0) is 4.79 Å². The molecule has 100 valence electrons. The first-order chi connectivity index (χ1) is 8.31. The number of methoxy groups -OCH3 is 1. The number of aliphatic carboxylic acids is 1. The first kappa shape index (κ1) is 14.4. The predicted octanol–water partition coefficient (Wildman–Crippen LogP) is 2.53. The molecule has 0 aliphatic heterocycles. The Morgan fingerprint density at radius 1 is 1.33 bits per heavy atom. The number of likely N-dealkylation sites (N-methyl/N-ethyl adjacent to an activating group) is 1. The van der Waals surface area contributed by atoms with Crippen LogP contribution < -0.4 is 9.64 Å². The van der Waals surface area contributed by atoms with Gasteiger partial charge in [0.05, 0.1) is 12.8 Å². The molecule has 0 saturated carbocycles. The largest absolute Gasteiger partial charge is 0.494 e. The van der Waals surface area contributed by atoms with Crippen molar-refractivity contribution in [1.29, 1.82) is 0 Å². The summed E-state index contributed by atoms with van der Waals surface area (Å²) < 4.78 is 5.45. The maximum absolute atomic E-state index is 11.1. The van der Waals surface area contributed by atoms with Crippen molar-refractivity contribution >= 4 is 11.7 Å². The second-order valence-corrected chi connectivity index (χ2v) is 4.64. The van der Waals surface area contributed by atoms with Crippen LogP contribution in [0.3, 0.4) is 0 Å². The summed E-state index contributed by atoms with van der Waals surface area (Å²) in [7, 11) is 3.39. The maximum Gasteiger partial charge on any atom is 0.326 e. The Kier molecular flexibility index (Phi) is 4.22. The number of hydrogen-bond acceptors (Lipinski definition) is 3. The van der Waals surface area contributed by atoms with E-state index in [4.69, 9.17) is 9.84 Å². The zero-order valence-corrected chi connectivity index (χ0v) is 11.9. The van der Waals surface area contributed by atoms with Crippen LogP contribution in [0, 0.1) is 20.8 Å². The highest BCUT2D eigenvalue weighted by Crippen LogP contribution is 2.37. The number of benzene rings is 1. The summed E-state index contributed by atoms with van der Waals surface area (Å²) in [4.78, 5) is 12.8. The molecule has 0 radical (unpaired) electrons. The van der Waals surface area contributed by atoms with Crippen molar-refractivity contribution in [1.82, 2.24) is 0 Å². The number of ether oxygens (including phenoxy) is 1. The van der Waals surface area contributed by atoms with E-state index in [9.17, 15) is 4.79 Å². The number of hydrogen-bond donors (Lipinski definition) is 1. The molecule has 0 amide bonds. The Balaban J connectivity index is 3.40. The minimum atomic E-state index is -0.850. The molecule has 0 aromatic heterocycles. The average Bonchev–Trinajstić information content (AvgIpc) is 2.31. The van der Waals surface area contributed by atoms with Crippen molar-refractivity contribution in [2.24, 2.45) is 0 Å². The summed E-state index contributed by atoms with van der Waals surface area (Å²) in [6, 6.07) is 1.46. The number of rotatable bonds is 4. The summed E-state index contributed by atoms with van der Waals surface area (Å²) in [5, 5.41) is 9.11. The molecule has 1 aromatic carbocycles. The molecular weight excluding hydrogens is 230 g/mol. The quantitative estimate of drug-likeness (QED) is 0.893. The van der Waals surface area contributed by atoms with Crippen molar-refractivity contribution in [3.63, 3.8) is 0 Å². The highest BCUT2D eigenvalue weighted by molar-refractivity contribution is 5.80. The summed E-state index contributed by atoms with van der Waals surface area (Å²) >= 11 is 0. The van der Waals surface area contributed by atoms with Crippen LogP contribution in [0.4, 0.5) is 5.69 Å². The van der Waals surface area contributed by atoms with E-state index in [0.29, 0.717) is 0 Å². The van der Waals surface area contributed by atoms with E-state index in [1.54, 1.807) is 26.0 Å². The van der Waals surface area contributed by atoms with Gasteiger partial charge in [-0.1, -0.05) is 6.07 Å². The lowest BCUT2D eigenvalue weighted by Crippen LogP contribution is -2.36. The maximum atomic E-state index is 11.1. The first-order valence-corrected chi connectivity index (χ1v) is 5.91. The highest BCUT2D eigenvalue weighted by Gasteiger charge is 2.23. The number of anilines is 1. The lowest BCUT2D eigenvalue weighted by Gasteiger charge is -2.28. The number of nitrogens with zero attached hydrogens (tertiary/aromatic N) is 1. The van der Waals surface area contributed by atoms with Gasteiger partial charge in [0.15, 0.2) is 0 Å². The van der Waals surface area contributed by atoms with Gasteiger partial charge in [-0.15, -0.1) is 0 Å². The number of carbonyl (C=O) groups is 1. The molecule has 0 spiro atoms. The topological polar surface area (TPSA) is 49.8 Å². The molecule has 18 heavy (non-hydrogen) atoms.